The predicted molar refractivity (Wildman–Crippen MR) is 108 cm³/mol. The topological polar surface area (TPSA) is 90.5 Å². The van der Waals surface area contributed by atoms with Gasteiger partial charge in [-0.15, -0.1) is 0 Å². The number of piperidine rings is 1. The van der Waals surface area contributed by atoms with E-state index in [1.807, 2.05) is 25.7 Å². The number of urea groups is 1. The fraction of sp³-hybridized carbons (Fsp3) is 0.571. The Morgan fingerprint density at radius 2 is 1.72 bits per heavy atom. The van der Waals surface area contributed by atoms with E-state index < -0.39 is 17.6 Å². The van der Waals surface area contributed by atoms with E-state index in [0.717, 1.165) is 5.56 Å². The van der Waals surface area contributed by atoms with Gasteiger partial charge in [-0.1, -0.05) is 12.1 Å². The Bertz CT molecular complexity index is 722. The average molecular weight is 407 g/mol. The van der Waals surface area contributed by atoms with E-state index in [-0.39, 0.29) is 23.5 Å². The smallest absolute Gasteiger partial charge is 0.321 e. The summed E-state index contributed by atoms with van der Waals surface area (Å²) >= 11 is 0. The molecular formula is C21H31FN4O3. The molecular weight excluding hydrogens is 375 g/mol. The van der Waals surface area contributed by atoms with Crippen molar-refractivity contribution in [2.75, 3.05) is 13.1 Å². The van der Waals surface area contributed by atoms with Crippen LogP contribution in [0.15, 0.2) is 24.3 Å². The van der Waals surface area contributed by atoms with Gasteiger partial charge in [0.1, 0.15) is 5.82 Å². The molecule has 1 aliphatic rings. The Morgan fingerprint density at radius 3 is 2.28 bits per heavy atom. The van der Waals surface area contributed by atoms with Crippen molar-refractivity contribution >= 4 is 17.8 Å². The number of carbonyl (C=O) groups is 3. The molecule has 0 radical (unpaired) electrons. The lowest BCUT2D eigenvalue weighted by molar-refractivity contribution is -0.128. The molecule has 0 aliphatic carbocycles. The Labute approximate surface area is 171 Å². The van der Waals surface area contributed by atoms with Gasteiger partial charge in [0.2, 0.25) is 11.8 Å². The first kappa shape index (κ1) is 22.8. The normalized spacial score (nSPS) is 16.7. The first-order valence-corrected chi connectivity index (χ1v) is 9.94. The third kappa shape index (κ3) is 7.45. The van der Waals surface area contributed by atoms with E-state index >= 15 is 0 Å². The van der Waals surface area contributed by atoms with E-state index in [1.165, 1.54) is 12.1 Å². The van der Waals surface area contributed by atoms with Crippen LogP contribution < -0.4 is 16.0 Å². The highest BCUT2D eigenvalue weighted by Gasteiger charge is 2.30. The Balaban J connectivity index is 1.75. The zero-order valence-corrected chi connectivity index (χ0v) is 17.5. The number of amides is 4. The second-order valence-electron chi connectivity index (χ2n) is 8.52. The largest absolute Gasteiger partial charge is 0.352 e. The van der Waals surface area contributed by atoms with Gasteiger partial charge in [0.15, 0.2) is 0 Å². The second kappa shape index (κ2) is 9.82. The molecule has 1 fully saturated rings. The van der Waals surface area contributed by atoms with Crippen molar-refractivity contribution in [3.8, 4) is 0 Å². The van der Waals surface area contributed by atoms with E-state index in [1.54, 1.807) is 19.1 Å². The van der Waals surface area contributed by atoms with Gasteiger partial charge in [-0.3, -0.25) is 19.8 Å². The summed E-state index contributed by atoms with van der Waals surface area (Å²) < 4.78 is 12.9. The zero-order valence-electron chi connectivity index (χ0n) is 17.5. The lowest BCUT2D eigenvalue weighted by Crippen LogP contribution is -2.54. The minimum absolute atomic E-state index is 0.0318. The monoisotopic (exact) mass is 406 g/mol. The number of benzene rings is 1. The number of imide groups is 1. The van der Waals surface area contributed by atoms with Crippen molar-refractivity contribution in [3.05, 3.63) is 35.6 Å². The number of likely N-dealkylation sites (tertiary alicyclic amines) is 1. The molecule has 0 aromatic heterocycles. The maximum atomic E-state index is 12.9. The maximum Gasteiger partial charge on any atom is 0.321 e. The van der Waals surface area contributed by atoms with Gasteiger partial charge in [0.05, 0.1) is 6.04 Å². The van der Waals surface area contributed by atoms with Gasteiger partial charge >= 0.3 is 6.03 Å². The van der Waals surface area contributed by atoms with Crippen LogP contribution in [-0.2, 0) is 16.1 Å². The van der Waals surface area contributed by atoms with Crippen LogP contribution in [0.5, 0.6) is 0 Å². The molecule has 0 saturated carbocycles. The van der Waals surface area contributed by atoms with Crippen LogP contribution in [0.2, 0.25) is 0 Å². The molecule has 1 aromatic rings. The molecule has 1 aromatic carbocycles. The minimum atomic E-state index is -0.510. The lowest BCUT2D eigenvalue weighted by atomic mass is 9.95. The molecule has 4 amide bonds. The van der Waals surface area contributed by atoms with Crippen LogP contribution >= 0.6 is 0 Å². The molecule has 1 atom stereocenters. The van der Waals surface area contributed by atoms with E-state index in [0.29, 0.717) is 32.5 Å². The van der Waals surface area contributed by atoms with Crippen molar-refractivity contribution in [3.63, 3.8) is 0 Å². The highest BCUT2D eigenvalue weighted by atomic mass is 19.1. The molecule has 2 rings (SSSR count). The summed E-state index contributed by atoms with van der Waals surface area (Å²) in [5, 5.41) is 7.96. The summed E-state index contributed by atoms with van der Waals surface area (Å²) in [5.41, 5.74) is 0.420. The Hall–Kier alpha value is -2.48. The van der Waals surface area contributed by atoms with Crippen molar-refractivity contribution in [1.82, 2.24) is 20.9 Å². The third-order valence-corrected chi connectivity index (χ3v) is 4.93. The van der Waals surface area contributed by atoms with Gasteiger partial charge in [0.25, 0.3) is 0 Å². The SMILES string of the molecule is CC(C(=O)NC(=O)NC(C)(C)C)N1CCC(C(=O)NCc2ccc(F)cc2)CC1. The standard InChI is InChI=1S/C21H31FN4O3/c1-14(18(27)24-20(29)25-21(2,3)4)26-11-9-16(10-12-26)19(28)23-13-15-5-7-17(22)8-6-15/h5-8,14,16H,9-13H2,1-4H3,(H,23,28)(H2,24,25,27,29). The first-order chi connectivity index (χ1) is 13.5. The Morgan fingerprint density at radius 1 is 1.14 bits per heavy atom. The number of hydrogen-bond acceptors (Lipinski definition) is 4. The summed E-state index contributed by atoms with van der Waals surface area (Å²) in [6, 6.07) is 5.07. The van der Waals surface area contributed by atoms with Crippen LogP contribution in [-0.4, -0.2) is 47.4 Å². The van der Waals surface area contributed by atoms with Crippen LogP contribution in [0.3, 0.4) is 0 Å². The first-order valence-electron chi connectivity index (χ1n) is 9.94. The fourth-order valence-corrected chi connectivity index (χ4v) is 3.24. The summed E-state index contributed by atoms with van der Waals surface area (Å²) in [6.45, 7) is 8.84. The predicted octanol–water partition coefficient (Wildman–Crippen LogP) is 2.17. The van der Waals surface area contributed by atoms with Crippen LogP contribution in [0, 0.1) is 11.7 Å². The third-order valence-electron chi connectivity index (χ3n) is 4.93. The van der Waals surface area contributed by atoms with Crippen LogP contribution in [0.1, 0.15) is 46.1 Å². The summed E-state index contributed by atoms with van der Waals surface area (Å²) in [6.07, 6.45) is 1.28. The lowest BCUT2D eigenvalue weighted by Gasteiger charge is -2.34. The summed E-state index contributed by atoms with van der Waals surface area (Å²) in [4.78, 5) is 38.6. The molecule has 8 heteroatoms. The highest BCUT2D eigenvalue weighted by molar-refractivity contribution is 5.97. The maximum absolute atomic E-state index is 12.9. The molecule has 1 saturated heterocycles. The fourth-order valence-electron chi connectivity index (χ4n) is 3.24. The molecule has 0 bridgehead atoms. The number of rotatable bonds is 5. The zero-order chi connectivity index (χ0) is 21.6. The van der Waals surface area contributed by atoms with Gasteiger partial charge in [-0.2, -0.15) is 0 Å². The molecule has 29 heavy (non-hydrogen) atoms. The van der Waals surface area contributed by atoms with Gasteiger partial charge < -0.3 is 10.6 Å². The van der Waals surface area contributed by atoms with Gasteiger partial charge in [0, 0.05) is 18.0 Å². The minimum Gasteiger partial charge on any atom is -0.352 e. The molecule has 1 heterocycles. The summed E-state index contributed by atoms with van der Waals surface area (Å²) in [5.74, 6) is -0.811. The molecule has 1 unspecified atom stereocenters. The number of nitrogens with zero attached hydrogens (tertiary/aromatic N) is 1. The van der Waals surface area contributed by atoms with Crippen molar-refractivity contribution in [1.29, 1.82) is 0 Å². The quantitative estimate of drug-likeness (QED) is 0.699. The second-order valence-corrected chi connectivity index (χ2v) is 8.52. The van der Waals surface area contributed by atoms with Crippen molar-refractivity contribution in [2.45, 2.75) is 58.7 Å². The highest BCUT2D eigenvalue weighted by Crippen LogP contribution is 2.19. The van der Waals surface area contributed by atoms with Crippen LogP contribution in [0.4, 0.5) is 9.18 Å². The van der Waals surface area contributed by atoms with Crippen molar-refractivity contribution in [2.24, 2.45) is 5.92 Å². The van der Waals surface area contributed by atoms with E-state index in [4.69, 9.17) is 0 Å². The number of hydrogen-bond donors (Lipinski definition) is 3. The Kier molecular flexibility index (Phi) is 7.73. The molecule has 3 N–H and O–H groups in total. The van der Waals surface area contributed by atoms with E-state index in [2.05, 4.69) is 16.0 Å². The molecule has 160 valence electrons. The number of halogens is 1. The van der Waals surface area contributed by atoms with Crippen LogP contribution in [0.25, 0.3) is 0 Å². The summed E-state index contributed by atoms with van der Waals surface area (Å²) in [7, 11) is 0. The van der Waals surface area contributed by atoms with Gasteiger partial charge in [-0.05, 0) is 71.3 Å². The van der Waals surface area contributed by atoms with Crippen molar-refractivity contribution < 1.29 is 18.8 Å². The molecule has 1 aliphatic heterocycles. The number of nitrogens with one attached hydrogen (secondary N) is 3. The molecule has 7 nitrogen and oxygen atoms in total. The van der Waals surface area contributed by atoms with E-state index in [9.17, 15) is 18.8 Å². The molecule has 0 spiro atoms. The average Bonchev–Trinajstić information content (AvgIpc) is 2.65. The number of carbonyl (C=O) groups excluding carboxylic acids is 3. The van der Waals surface area contributed by atoms with Gasteiger partial charge in [-0.25, -0.2) is 9.18 Å².